The van der Waals surface area contributed by atoms with Gasteiger partial charge >= 0.3 is 0 Å². The van der Waals surface area contributed by atoms with Gasteiger partial charge in [0.25, 0.3) is 0 Å². The standard InChI is InChI=1S/C14H22/c1-5-10-14(4)12-9-7-6-8-11-13(2)3/h5-7,11-12H,1,8-10H2,2-4H3. The van der Waals surface area contributed by atoms with Gasteiger partial charge in [-0.1, -0.05) is 41.5 Å². The van der Waals surface area contributed by atoms with Gasteiger partial charge in [-0.3, -0.25) is 0 Å². The Hall–Kier alpha value is -1.04. The smallest absolute Gasteiger partial charge is 0.0144 e. The van der Waals surface area contributed by atoms with Crippen molar-refractivity contribution in [3.05, 3.63) is 48.1 Å². The summed E-state index contributed by atoms with van der Waals surface area (Å²) < 4.78 is 0. The van der Waals surface area contributed by atoms with Gasteiger partial charge in [-0.05, 0) is 40.0 Å². The normalized spacial score (nSPS) is 11.8. The summed E-state index contributed by atoms with van der Waals surface area (Å²) in [4.78, 5) is 0. The largest absolute Gasteiger partial charge is 0.103 e. The molecule has 0 N–H and O–H groups in total. The van der Waals surface area contributed by atoms with Gasteiger partial charge in [0.2, 0.25) is 0 Å². The number of hydrogen-bond donors (Lipinski definition) is 0. The molecule has 0 aliphatic carbocycles. The molecule has 14 heavy (non-hydrogen) atoms. The van der Waals surface area contributed by atoms with E-state index >= 15 is 0 Å². The summed E-state index contributed by atoms with van der Waals surface area (Å²) in [5.41, 5.74) is 2.78. The molecule has 0 amide bonds. The van der Waals surface area contributed by atoms with E-state index in [2.05, 4.69) is 51.7 Å². The quantitative estimate of drug-likeness (QED) is 0.527. The lowest BCUT2D eigenvalue weighted by Gasteiger charge is -1.92. The summed E-state index contributed by atoms with van der Waals surface area (Å²) in [6.45, 7) is 10.1. The second-order valence-electron chi connectivity index (χ2n) is 3.77. The van der Waals surface area contributed by atoms with Crippen LogP contribution in [0.5, 0.6) is 0 Å². The zero-order chi connectivity index (χ0) is 10.8. The van der Waals surface area contributed by atoms with Crippen molar-refractivity contribution in [2.75, 3.05) is 0 Å². The maximum absolute atomic E-state index is 3.71. The predicted molar refractivity (Wildman–Crippen MR) is 66.4 cm³/mol. The number of hydrogen-bond acceptors (Lipinski definition) is 0. The van der Waals surface area contributed by atoms with Crippen LogP contribution in [-0.2, 0) is 0 Å². The molecule has 0 aromatic heterocycles. The molecule has 0 bridgehead atoms. The average molecular weight is 190 g/mol. The zero-order valence-corrected chi connectivity index (χ0v) is 9.72. The van der Waals surface area contributed by atoms with E-state index in [0.29, 0.717) is 0 Å². The first-order chi connectivity index (χ1) is 6.66. The van der Waals surface area contributed by atoms with Gasteiger partial charge in [0.05, 0.1) is 0 Å². The van der Waals surface area contributed by atoms with Crippen LogP contribution in [0.2, 0.25) is 0 Å². The Morgan fingerprint density at radius 1 is 1.00 bits per heavy atom. The molecule has 0 saturated heterocycles. The van der Waals surface area contributed by atoms with Crippen molar-refractivity contribution in [1.82, 2.24) is 0 Å². The molecule has 0 aromatic carbocycles. The van der Waals surface area contributed by atoms with Gasteiger partial charge in [-0.2, -0.15) is 0 Å². The van der Waals surface area contributed by atoms with Gasteiger partial charge in [-0.15, -0.1) is 6.58 Å². The fraction of sp³-hybridized carbons (Fsp3) is 0.429. The van der Waals surface area contributed by atoms with Crippen LogP contribution in [0, 0.1) is 0 Å². The minimum absolute atomic E-state index is 1.00. The van der Waals surface area contributed by atoms with Gasteiger partial charge in [0.15, 0.2) is 0 Å². The Balaban J connectivity index is 3.67. The third kappa shape index (κ3) is 9.05. The van der Waals surface area contributed by atoms with E-state index in [1.807, 2.05) is 6.08 Å². The molecule has 0 unspecified atom stereocenters. The maximum Gasteiger partial charge on any atom is -0.0144 e. The highest BCUT2D eigenvalue weighted by Crippen LogP contribution is 2.02. The van der Waals surface area contributed by atoms with Crippen LogP contribution < -0.4 is 0 Å². The molecule has 0 heterocycles. The highest BCUT2D eigenvalue weighted by molar-refractivity contribution is 5.06. The van der Waals surface area contributed by atoms with E-state index in [-0.39, 0.29) is 0 Å². The van der Waals surface area contributed by atoms with Crippen molar-refractivity contribution in [2.45, 2.75) is 40.0 Å². The Kier molecular flexibility index (Phi) is 7.92. The SMILES string of the molecule is C=CCC(C)=CCC=CCC=C(C)C. The Labute approximate surface area is 88.7 Å². The summed E-state index contributed by atoms with van der Waals surface area (Å²) in [6, 6.07) is 0. The van der Waals surface area contributed by atoms with Crippen LogP contribution in [-0.4, -0.2) is 0 Å². The molecular formula is C14H22. The molecule has 0 rings (SSSR count). The van der Waals surface area contributed by atoms with E-state index < -0.39 is 0 Å². The fourth-order valence-electron chi connectivity index (χ4n) is 1.08. The van der Waals surface area contributed by atoms with E-state index in [9.17, 15) is 0 Å². The predicted octanol–water partition coefficient (Wildman–Crippen LogP) is 4.81. The Bertz CT molecular complexity index is 235. The molecule has 0 nitrogen and oxygen atoms in total. The van der Waals surface area contributed by atoms with Gasteiger partial charge < -0.3 is 0 Å². The highest BCUT2D eigenvalue weighted by atomic mass is 13.9. The average Bonchev–Trinajstić information content (AvgIpc) is 2.11. The van der Waals surface area contributed by atoms with E-state index in [1.165, 1.54) is 11.1 Å². The number of allylic oxidation sites excluding steroid dienone is 7. The summed E-state index contributed by atoms with van der Waals surface area (Å²) in [7, 11) is 0. The first kappa shape index (κ1) is 13.0. The number of rotatable bonds is 6. The van der Waals surface area contributed by atoms with Crippen LogP contribution in [0.1, 0.15) is 40.0 Å². The zero-order valence-electron chi connectivity index (χ0n) is 9.72. The van der Waals surface area contributed by atoms with E-state index in [1.54, 1.807) is 0 Å². The highest BCUT2D eigenvalue weighted by Gasteiger charge is 1.82. The molecular weight excluding hydrogens is 168 g/mol. The molecule has 0 saturated carbocycles. The van der Waals surface area contributed by atoms with Crippen molar-refractivity contribution >= 4 is 0 Å². The molecule has 78 valence electrons. The first-order valence-electron chi connectivity index (χ1n) is 5.21. The van der Waals surface area contributed by atoms with Gasteiger partial charge in [0, 0.05) is 0 Å². The van der Waals surface area contributed by atoms with Crippen LogP contribution in [0.3, 0.4) is 0 Å². The van der Waals surface area contributed by atoms with Crippen molar-refractivity contribution in [3.8, 4) is 0 Å². The molecule has 0 aliphatic rings. The van der Waals surface area contributed by atoms with Gasteiger partial charge in [0.1, 0.15) is 0 Å². The third-order valence-corrected chi connectivity index (χ3v) is 1.90. The second-order valence-corrected chi connectivity index (χ2v) is 3.77. The summed E-state index contributed by atoms with van der Waals surface area (Å²) >= 11 is 0. The van der Waals surface area contributed by atoms with E-state index in [0.717, 1.165) is 19.3 Å². The summed E-state index contributed by atoms with van der Waals surface area (Å²) in [5.74, 6) is 0. The maximum atomic E-state index is 3.71. The Morgan fingerprint density at radius 3 is 2.07 bits per heavy atom. The molecule has 0 radical (unpaired) electrons. The summed E-state index contributed by atoms with van der Waals surface area (Å²) in [5, 5.41) is 0. The van der Waals surface area contributed by atoms with Crippen molar-refractivity contribution in [3.63, 3.8) is 0 Å². The van der Waals surface area contributed by atoms with Crippen LogP contribution in [0.25, 0.3) is 0 Å². The molecule has 0 heteroatoms. The van der Waals surface area contributed by atoms with Crippen LogP contribution in [0.4, 0.5) is 0 Å². The van der Waals surface area contributed by atoms with Gasteiger partial charge in [-0.25, -0.2) is 0 Å². The second kappa shape index (κ2) is 8.55. The lowest BCUT2D eigenvalue weighted by Crippen LogP contribution is -1.71. The molecule has 0 aliphatic heterocycles. The molecule has 0 aromatic rings. The van der Waals surface area contributed by atoms with Crippen molar-refractivity contribution < 1.29 is 0 Å². The molecule has 0 atom stereocenters. The molecule has 0 spiro atoms. The third-order valence-electron chi connectivity index (χ3n) is 1.90. The minimum atomic E-state index is 1.00. The van der Waals surface area contributed by atoms with Crippen molar-refractivity contribution in [2.24, 2.45) is 0 Å². The lowest BCUT2D eigenvalue weighted by atomic mass is 10.1. The Morgan fingerprint density at radius 2 is 1.57 bits per heavy atom. The van der Waals surface area contributed by atoms with E-state index in [4.69, 9.17) is 0 Å². The fourth-order valence-corrected chi connectivity index (χ4v) is 1.08. The first-order valence-corrected chi connectivity index (χ1v) is 5.21. The van der Waals surface area contributed by atoms with Crippen molar-refractivity contribution in [1.29, 1.82) is 0 Å². The monoisotopic (exact) mass is 190 g/mol. The van der Waals surface area contributed by atoms with Crippen LogP contribution >= 0.6 is 0 Å². The topological polar surface area (TPSA) is 0 Å². The summed E-state index contributed by atoms with van der Waals surface area (Å²) in [6.07, 6.45) is 13.9. The lowest BCUT2D eigenvalue weighted by molar-refractivity contribution is 1.17. The molecule has 0 fully saturated rings. The van der Waals surface area contributed by atoms with Crippen LogP contribution in [0.15, 0.2) is 48.1 Å². The minimum Gasteiger partial charge on any atom is -0.103 e.